The van der Waals surface area contributed by atoms with Gasteiger partial charge in [-0.05, 0) is 18.9 Å². The van der Waals surface area contributed by atoms with Crippen molar-refractivity contribution in [3.63, 3.8) is 0 Å². The molecule has 1 atom stereocenters. The highest BCUT2D eigenvalue weighted by atomic mass is 19.2. The Morgan fingerprint density at radius 2 is 2.05 bits per heavy atom. The lowest BCUT2D eigenvalue weighted by Crippen LogP contribution is -2.34. The molecule has 4 heteroatoms. The van der Waals surface area contributed by atoms with Crippen LogP contribution in [0.1, 0.15) is 38.4 Å². The summed E-state index contributed by atoms with van der Waals surface area (Å²) in [5.41, 5.74) is 0.397. The predicted molar refractivity (Wildman–Crippen MR) is 70.9 cm³/mol. The maximum atomic E-state index is 13.8. The van der Waals surface area contributed by atoms with Gasteiger partial charge in [0.15, 0.2) is 11.6 Å². The molecule has 1 heterocycles. The molecule has 106 valence electrons. The van der Waals surface area contributed by atoms with E-state index in [0.29, 0.717) is 18.7 Å². The van der Waals surface area contributed by atoms with E-state index in [4.69, 9.17) is 4.74 Å². The first-order chi connectivity index (χ1) is 9.12. The summed E-state index contributed by atoms with van der Waals surface area (Å²) in [5.74, 6) is -1.61. The fraction of sp³-hybridized carbons (Fsp3) is 0.600. The number of halogens is 2. The number of hydrogen-bond donors (Lipinski definition) is 1. The number of benzene rings is 1. The minimum Gasteiger partial charge on any atom is -0.371 e. The average molecular weight is 269 g/mol. The van der Waals surface area contributed by atoms with Gasteiger partial charge in [-0.2, -0.15) is 0 Å². The Bertz CT molecular complexity index is 432. The molecule has 1 fully saturated rings. The molecule has 0 spiro atoms. The average Bonchev–Trinajstić information content (AvgIpc) is 2.65. The van der Waals surface area contributed by atoms with E-state index in [0.717, 1.165) is 25.5 Å². The van der Waals surface area contributed by atoms with Gasteiger partial charge in [0.05, 0.1) is 12.7 Å². The molecule has 1 N–H and O–H groups in total. The summed E-state index contributed by atoms with van der Waals surface area (Å²) >= 11 is 0. The van der Waals surface area contributed by atoms with E-state index in [1.165, 1.54) is 6.07 Å². The van der Waals surface area contributed by atoms with Crippen molar-refractivity contribution < 1.29 is 13.5 Å². The minimum absolute atomic E-state index is 0.0958. The molecule has 1 unspecified atom stereocenters. The van der Waals surface area contributed by atoms with Crippen LogP contribution >= 0.6 is 0 Å². The van der Waals surface area contributed by atoms with Gasteiger partial charge in [0, 0.05) is 24.1 Å². The van der Waals surface area contributed by atoms with Crippen LogP contribution in [0.3, 0.4) is 0 Å². The number of ether oxygens (including phenoxy) is 1. The summed E-state index contributed by atoms with van der Waals surface area (Å²) in [6, 6.07) is 4.25. The van der Waals surface area contributed by atoms with Crippen LogP contribution in [0.5, 0.6) is 0 Å². The third-order valence-electron chi connectivity index (χ3n) is 4.25. The van der Waals surface area contributed by atoms with Crippen LogP contribution in [0.25, 0.3) is 0 Å². The van der Waals surface area contributed by atoms with E-state index in [1.54, 1.807) is 6.07 Å². The Morgan fingerprint density at radius 3 is 2.74 bits per heavy atom. The zero-order valence-electron chi connectivity index (χ0n) is 11.5. The molecule has 1 aliphatic heterocycles. The van der Waals surface area contributed by atoms with Crippen LogP contribution in [0, 0.1) is 17.0 Å². The van der Waals surface area contributed by atoms with E-state index in [1.807, 2.05) is 0 Å². The summed E-state index contributed by atoms with van der Waals surface area (Å²) in [4.78, 5) is 0. The van der Waals surface area contributed by atoms with Gasteiger partial charge in [-0.3, -0.25) is 0 Å². The highest BCUT2D eigenvalue weighted by molar-refractivity contribution is 5.22. The molecular formula is C15H21F2NO. The van der Waals surface area contributed by atoms with Gasteiger partial charge < -0.3 is 10.1 Å². The standard InChI is InChI=1S/C15H21F2NO/c1-3-15(4-2)9-18-8-13(19-10-15)11-6-5-7-12(16)14(11)17/h5-7,13,18H,3-4,8-10H2,1-2H3. The molecule has 1 aromatic carbocycles. The van der Waals surface area contributed by atoms with E-state index < -0.39 is 17.7 Å². The summed E-state index contributed by atoms with van der Waals surface area (Å²) in [5, 5.41) is 3.32. The summed E-state index contributed by atoms with van der Waals surface area (Å²) in [6.45, 7) is 6.22. The molecule has 19 heavy (non-hydrogen) atoms. The summed E-state index contributed by atoms with van der Waals surface area (Å²) in [6.07, 6.45) is 1.60. The zero-order chi connectivity index (χ0) is 13.9. The summed E-state index contributed by atoms with van der Waals surface area (Å²) < 4.78 is 32.9. The first-order valence-corrected chi connectivity index (χ1v) is 6.88. The second kappa shape index (κ2) is 5.97. The third-order valence-corrected chi connectivity index (χ3v) is 4.25. The minimum atomic E-state index is -0.817. The Hall–Kier alpha value is -1.00. The molecule has 0 aliphatic carbocycles. The van der Waals surface area contributed by atoms with Crippen LogP contribution < -0.4 is 5.32 Å². The Labute approximate surface area is 113 Å². The summed E-state index contributed by atoms with van der Waals surface area (Å²) in [7, 11) is 0. The highest BCUT2D eigenvalue weighted by Crippen LogP contribution is 2.32. The molecule has 0 radical (unpaired) electrons. The van der Waals surface area contributed by atoms with Gasteiger partial charge in [0.25, 0.3) is 0 Å². The molecule has 1 aromatic rings. The van der Waals surface area contributed by atoms with Crippen LogP contribution in [0.15, 0.2) is 18.2 Å². The van der Waals surface area contributed by atoms with Gasteiger partial charge in [-0.15, -0.1) is 0 Å². The molecular weight excluding hydrogens is 248 g/mol. The molecule has 1 aliphatic rings. The molecule has 0 aromatic heterocycles. The lowest BCUT2D eigenvalue weighted by atomic mass is 9.83. The second-order valence-corrected chi connectivity index (χ2v) is 5.28. The van der Waals surface area contributed by atoms with Crippen LogP contribution in [-0.4, -0.2) is 19.7 Å². The Balaban J connectivity index is 2.17. The fourth-order valence-corrected chi connectivity index (χ4v) is 2.53. The van der Waals surface area contributed by atoms with Crippen molar-refractivity contribution in [3.8, 4) is 0 Å². The van der Waals surface area contributed by atoms with E-state index in [-0.39, 0.29) is 5.41 Å². The Kier molecular flexibility index (Phi) is 4.53. The van der Waals surface area contributed by atoms with Crippen molar-refractivity contribution in [2.75, 3.05) is 19.7 Å². The SMILES string of the molecule is CCC1(CC)CNCC(c2cccc(F)c2F)OC1. The van der Waals surface area contributed by atoms with E-state index >= 15 is 0 Å². The normalized spacial score (nSPS) is 23.1. The molecule has 2 rings (SSSR count). The van der Waals surface area contributed by atoms with Crippen molar-refractivity contribution in [3.05, 3.63) is 35.4 Å². The van der Waals surface area contributed by atoms with Crippen molar-refractivity contribution in [1.29, 1.82) is 0 Å². The maximum Gasteiger partial charge on any atom is 0.164 e. The molecule has 0 bridgehead atoms. The van der Waals surface area contributed by atoms with E-state index in [9.17, 15) is 8.78 Å². The van der Waals surface area contributed by atoms with Gasteiger partial charge in [-0.25, -0.2) is 8.78 Å². The zero-order valence-corrected chi connectivity index (χ0v) is 11.5. The van der Waals surface area contributed by atoms with Crippen molar-refractivity contribution in [2.24, 2.45) is 5.41 Å². The van der Waals surface area contributed by atoms with Crippen molar-refractivity contribution in [2.45, 2.75) is 32.8 Å². The van der Waals surface area contributed by atoms with Crippen molar-refractivity contribution in [1.82, 2.24) is 5.32 Å². The lowest BCUT2D eigenvalue weighted by Gasteiger charge is -2.29. The molecule has 2 nitrogen and oxygen atoms in total. The number of hydrogen-bond acceptors (Lipinski definition) is 2. The molecule has 1 saturated heterocycles. The Morgan fingerprint density at radius 1 is 1.32 bits per heavy atom. The first kappa shape index (κ1) is 14.4. The number of rotatable bonds is 3. The van der Waals surface area contributed by atoms with Gasteiger partial charge in [0.1, 0.15) is 0 Å². The van der Waals surface area contributed by atoms with E-state index in [2.05, 4.69) is 19.2 Å². The van der Waals surface area contributed by atoms with Gasteiger partial charge >= 0.3 is 0 Å². The first-order valence-electron chi connectivity index (χ1n) is 6.88. The van der Waals surface area contributed by atoms with Gasteiger partial charge in [0.2, 0.25) is 0 Å². The topological polar surface area (TPSA) is 21.3 Å². The second-order valence-electron chi connectivity index (χ2n) is 5.28. The maximum absolute atomic E-state index is 13.8. The quantitative estimate of drug-likeness (QED) is 0.907. The largest absolute Gasteiger partial charge is 0.371 e. The predicted octanol–water partition coefficient (Wildman–Crippen LogP) is 3.43. The van der Waals surface area contributed by atoms with Crippen molar-refractivity contribution >= 4 is 0 Å². The number of nitrogens with one attached hydrogen (secondary N) is 1. The molecule has 0 saturated carbocycles. The monoisotopic (exact) mass is 269 g/mol. The lowest BCUT2D eigenvalue weighted by molar-refractivity contribution is 0.00847. The van der Waals surface area contributed by atoms with Gasteiger partial charge in [-0.1, -0.05) is 26.0 Å². The highest BCUT2D eigenvalue weighted by Gasteiger charge is 2.32. The van der Waals surface area contributed by atoms with Crippen LogP contribution in [-0.2, 0) is 4.74 Å². The molecule has 0 amide bonds. The third kappa shape index (κ3) is 2.95. The van der Waals surface area contributed by atoms with Crippen LogP contribution in [0.2, 0.25) is 0 Å². The fourth-order valence-electron chi connectivity index (χ4n) is 2.53. The van der Waals surface area contributed by atoms with Crippen LogP contribution in [0.4, 0.5) is 8.78 Å². The smallest absolute Gasteiger partial charge is 0.164 e.